The number of aromatic nitrogens is 1. The van der Waals surface area contributed by atoms with E-state index in [2.05, 4.69) is 10.3 Å². The number of benzene rings is 2. The van der Waals surface area contributed by atoms with Crippen LogP contribution in [0.4, 0.5) is 20.2 Å². The van der Waals surface area contributed by atoms with Gasteiger partial charge in [-0.05, 0) is 67.1 Å². The topological polar surface area (TPSA) is 105 Å². The average molecular weight is 487 g/mol. The van der Waals surface area contributed by atoms with Crippen molar-refractivity contribution in [3.8, 4) is 0 Å². The van der Waals surface area contributed by atoms with Crippen molar-refractivity contribution >= 4 is 27.3 Å². The molecule has 178 valence electrons. The van der Waals surface area contributed by atoms with E-state index in [0.717, 1.165) is 5.56 Å². The molecule has 0 unspecified atom stereocenters. The van der Waals surface area contributed by atoms with E-state index in [9.17, 15) is 22.0 Å². The zero-order valence-corrected chi connectivity index (χ0v) is 19.3. The quantitative estimate of drug-likeness (QED) is 0.565. The summed E-state index contributed by atoms with van der Waals surface area (Å²) in [4.78, 5) is 18.9. The van der Waals surface area contributed by atoms with Crippen LogP contribution in [-0.2, 0) is 10.0 Å². The van der Waals surface area contributed by atoms with Gasteiger partial charge in [0.25, 0.3) is 15.9 Å². The van der Waals surface area contributed by atoms with E-state index in [1.54, 1.807) is 24.0 Å². The molecule has 0 aliphatic carbocycles. The molecule has 7 nitrogen and oxygen atoms in total. The molecule has 2 aromatic carbocycles. The third kappa shape index (κ3) is 5.23. The molecule has 0 bridgehead atoms. The minimum Gasteiger partial charge on any atom is -0.355 e. The number of hydrogen-bond acceptors (Lipinski definition) is 5. The summed E-state index contributed by atoms with van der Waals surface area (Å²) in [6.07, 6.45) is 2.61. The maximum atomic E-state index is 13.5. The first kappa shape index (κ1) is 23.8. The number of halogens is 2. The zero-order chi connectivity index (χ0) is 24.5. The first-order chi connectivity index (χ1) is 16.1. The number of sulfonamides is 1. The molecule has 1 amide bonds. The van der Waals surface area contributed by atoms with Crippen molar-refractivity contribution in [2.45, 2.75) is 30.7 Å². The highest BCUT2D eigenvalue weighted by molar-refractivity contribution is 7.89. The van der Waals surface area contributed by atoms with Gasteiger partial charge in [-0.15, -0.1) is 0 Å². The molecular weight excluding hydrogens is 462 g/mol. The van der Waals surface area contributed by atoms with Crippen molar-refractivity contribution in [1.82, 2.24) is 9.88 Å². The Labute approximate surface area is 196 Å². The Morgan fingerprint density at radius 3 is 2.29 bits per heavy atom. The van der Waals surface area contributed by atoms with Crippen LogP contribution in [0.3, 0.4) is 0 Å². The van der Waals surface area contributed by atoms with Gasteiger partial charge in [-0.25, -0.2) is 27.3 Å². The van der Waals surface area contributed by atoms with Gasteiger partial charge in [0.1, 0.15) is 11.6 Å². The molecule has 1 aromatic heterocycles. The summed E-state index contributed by atoms with van der Waals surface area (Å²) in [5, 5.41) is 7.87. The molecule has 4 rings (SSSR count). The average Bonchev–Trinajstić information content (AvgIpc) is 2.80. The fourth-order valence-corrected chi connectivity index (χ4v) is 4.58. The summed E-state index contributed by atoms with van der Waals surface area (Å²) in [5.74, 6) is -0.799. The number of likely N-dealkylation sites (tertiary alicyclic amines) is 1. The van der Waals surface area contributed by atoms with Gasteiger partial charge in [0.2, 0.25) is 0 Å². The number of nitrogens with zero attached hydrogens (tertiary/aromatic N) is 2. The number of hydrogen-bond donors (Lipinski definition) is 2. The van der Waals surface area contributed by atoms with Crippen molar-refractivity contribution < 1.29 is 22.0 Å². The van der Waals surface area contributed by atoms with Crippen molar-refractivity contribution in [1.29, 1.82) is 0 Å². The second-order valence-electron chi connectivity index (χ2n) is 8.32. The number of anilines is 2. The summed E-state index contributed by atoms with van der Waals surface area (Å²) in [6.45, 7) is 2.65. The fraction of sp³-hybridized carbons (Fsp3) is 0.250. The van der Waals surface area contributed by atoms with Crippen LogP contribution in [0.25, 0.3) is 0 Å². The standard InChI is InChI=1S/C24H24F2N4O3S/c1-15-12-19(26)6-7-21(15)29-22-13-23(34(27,32)33)28-14-20(22)24(31)30-10-8-17(9-11-30)16-2-4-18(25)5-3-16/h2-7,12-14,17H,8-11H2,1H3,(H,28,29)(H2,27,32,33). The predicted molar refractivity (Wildman–Crippen MR) is 124 cm³/mol. The second-order valence-corrected chi connectivity index (χ2v) is 9.82. The van der Waals surface area contributed by atoms with Crippen molar-refractivity contribution in [3.63, 3.8) is 0 Å². The summed E-state index contributed by atoms with van der Waals surface area (Å²) in [5.41, 5.74) is 2.50. The lowest BCUT2D eigenvalue weighted by Crippen LogP contribution is -2.38. The van der Waals surface area contributed by atoms with Crippen molar-refractivity contribution in [3.05, 3.63) is 83.1 Å². The van der Waals surface area contributed by atoms with Crippen LogP contribution in [-0.4, -0.2) is 37.3 Å². The van der Waals surface area contributed by atoms with Gasteiger partial charge in [-0.3, -0.25) is 4.79 Å². The number of aryl methyl sites for hydroxylation is 1. The first-order valence-electron chi connectivity index (χ1n) is 10.7. The van der Waals surface area contributed by atoms with Gasteiger partial charge >= 0.3 is 0 Å². The highest BCUT2D eigenvalue weighted by atomic mass is 32.2. The molecule has 0 atom stereocenters. The first-order valence-corrected chi connectivity index (χ1v) is 12.3. The largest absolute Gasteiger partial charge is 0.355 e. The molecule has 34 heavy (non-hydrogen) atoms. The third-order valence-electron chi connectivity index (χ3n) is 5.98. The van der Waals surface area contributed by atoms with E-state index in [-0.39, 0.29) is 33.9 Å². The van der Waals surface area contributed by atoms with Gasteiger partial charge in [0, 0.05) is 31.0 Å². The third-order valence-corrected chi connectivity index (χ3v) is 6.79. The maximum Gasteiger partial charge on any atom is 0.257 e. The van der Waals surface area contributed by atoms with E-state index in [1.165, 1.54) is 42.6 Å². The molecule has 1 saturated heterocycles. The van der Waals surface area contributed by atoms with Gasteiger partial charge in [-0.1, -0.05) is 12.1 Å². The molecule has 0 spiro atoms. The minimum atomic E-state index is -4.11. The zero-order valence-electron chi connectivity index (χ0n) is 18.5. The summed E-state index contributed by atoms with van der Waals surface area (Å²) in [6, 6.07) is 11.7. The van der Waals surface area contributed by atoms with Crippen LogP contribution < -0.4 is 10.5 Å². The number of amides is 1. The molecule has 1 fully saturated rings. The van der Waals surface area contributed by atoms with Gasteiger partial charge in [0.15, 0.2) is 5.03 Å². The Bertz CT molecular complexity index is 1320. The molecule has 1 aliphatic rings. The lowest BCUT2D eigenvalue weighted by Gasteiger charge is -2.32. The van der Waals surface area contributed by atoms with Crippen LogP contribution >= 0.6 is 0 Å². The number of pyridine rings is 1. The molecule has 1 aliphatic heterocycles. The molecule has 3 N–H and O–H groups in total. The fourth-order valence-electron chi connectivity index (χ4n) is 4.10. The SMILES string of the molecule is Cc1cc(F)ccc1Nc1cc(S(N)(=O)=O)ncc1C(=O)N1CCC(c2ccc(F)cc2)CC1. The van der Waals surface area contributed by atoms with Gasteiger partial charge in [0.05, 0.1) is 11.3 Å². The Hall–Kier alpha value is -3.37. The summed E-state index contributed by atoms with van der Waals surface area (Å²) < 4.78 is 50.4. The van der Waals surface area contributed by atoms with Crippen LogP contribution in [0.2, 0.25) is 0 Å². The molecule has 0 radical (unpaired) electrons. The minimum absolute atomic E-state index is 0.177. The molecule has 10 heteroatoms. The van der Waals surface area contributed by atoms with E-state index in [4.69, 9.17) is 5.14 Å². The monoisotopic (exact) mass is 486 g/mol. The van der Waals surface area contributed by atoms with Gasteiger partial charge in [-0.2, -0.15) is 0 Å². The van der Waals surface area contributed by atoms with E-state index < -0.39 is 15.8 Å². The number of carbonyl (C=O) groups is 1. The number of primary sulfonamides is 1. The molecule has 2 heterocycles. The Balaban J connectivity index is 1.58. The lowest BCUT2D eigenvalue weighted by atomic mass is 9.89. The van der Waals surface area contributed by atoms with Crippen molar-refractivity contribution in [2.24, 2.45) is 5.14 Å². The van der Waals surface area contributed by atoms with Crippen LogP contribution in [0.5, 0.6) is 0 Å². The summed E-state index contributed by atoms with van der Waals surface area (Å²) >= 11 is 0. The Morgan fingerprint density at radius 2 is 1.68 bits per heavy atom. The van der Waals surface area contributed by atoms with Crippen LogP contribution in [0.15, 0.2) is 59.8 Å². The van der Waals surface area contributed by atoms with Crippen LogP contribution in [0, 0.1) is 18.6 Å². The number of rotatable bonds is 5. The Morgan fingerprint density at radius 1 is 1.03 bits per heavy atom. The number of nitrogens with one attached hydrogen (secondary N) is 1. The molecule has 3 aromatic rings. The highest BCUT2D eigenvalue weighted by Crippen LogP contribution is 2.31. The molecule has 0 saturated carbocycles. The lowest BCUT2D eigenvalue weighted by molar-refractivity contribution is 0.0713. The number of nitrogens with two attached hydrogens (primary N) is 1. The van der Waals surface area contributed by atoms with Gasteiger partial charge < -0.3 is 10.2 Å². The smallest absolute Gasteiger partial charge is 0.257 e. The number of piperidine rings is 1. The molecular formula is C24H24F2N4O3S. The summed E-state index contributed by atoms with van der Waals surface area (Å²) in [7, 11) is -4.11. The number of carbonyl (C=O) groups excluding carboxylic acids is 1. The van der Waals surface area contributed by atoms with E-state index in [0.29, 0.717) is 37.2 Å². The van der Waals surface area contributed by atoms with Crippen LogP contribution in [0.1, 0.15) is 40.2 Å². The second kappa shape index (κ2) is 9.47. The predicted octanol–water partition coefficient (Wildman–Crippen LogP) is 4.08. The highest BCUT2D eigenvalue weighted by Gasteiger charge is 2.27. The maximum absolute atomic E-state index is 13.5. The van der Waals surface area contributed by atoms with E-state index in [1.807, 2.05) is 0 Å². The van der Waals surface area contributed by atoms with E-state index >= 15 is 0 Å². The normalized spacial score (nSPS) is 14.8. The van der Waals surface area contributed by atoms with Crippen molar-refractivity contribution in [2.75, 3.05) is 18.4 Å². The Kier molecular flexibility index (Phi) is 6.63.